The van der Waals surface area contributed by atoms with E-state index in [1.165, 1.54) is 20.5 Å². The maximum absolute atomic E-state index is 12.6. The fourth-order valence-electron chi connectivity index (χ4n) is 3.44. The number of Topliss-reactive ketones (excluding diaryl/α,β-unsaturated/α-hetero) is 1. The monoisotopic (exact) mass is 445 g/mol. The minimum Gasteiger partial charge on any atom is -0.496 e. The molecule has 0 bridgehead atoms. The summed E-state index contributed by atoms with van der Waals surface area (Å²) < 4.78 is 55.0. The number of fused-ring (bicyclic) bond motifs is 1. The molecular formula is C22H18F3N3O4. The Morgan fingerprint density at radius 2 is 1.81 bits per heavy atom. The van der Waals surface area contributed by atoms with Gasteiger partial charge >= 0.3 is 6.18 Å². The second-order valence-corrected chi connectivity index (χ2v) is 6.99. The average molecular weight is 445 g/mol. The molecule has 2 heterocycles. The maximum Gasteiger partial charge on any atom is 0.389 e. The number of nitrogens with zero attached hydrogens (tertiary/aromatic N) is 3. The Hall–Kier alpha value is -3.82. The van der Waals surface area contributed by atoms with Gasteiger partial charge in [-0.1, -0.05) is 11.2 Å². The van der Waals surface area contributed by atoms with Gasteiger partial charge in [0.15, 0.2) is 5.78 Å². The third-order valence-electron chi connectivity index (χ3n) is 5.00. The number of benzene rings is 2. The number of carbonyl (C=O) groups is 1. The zero-order chi connectivity index (χ0) is 22.9. The molecule has 10 heteroatoms. The summed E-state index contributed by atoms with van der Waals surface area (Å²) in [5.41, 5.74) is 3.71. The fourth-order valence-corrected chi connectivity index (χ4v) is 3.44. The van der Waals surface area contributed by atoms with Crippen molar-refractivity contribution in [3.8, 4) is 28.3 Å². The topological polar surface area (TPSA) is 79.4 Å². The molecule has 7 nitrogen and oxygen atoms in total. The van der Waals surface area contributed by atoms with Gasteiger partial charge in [-0.25, -0.2) is 4.98 Å². The molecule has 0 aliphatic carbocycles. The predicted octanol–water partition coefficient (Wildman–Crippen LogP) is 5.22. The summed E-state index contributed by atoms with van der Waals surface area (Å²) in [5.74, 6) is -0.472. The van der Waals surface area contributed by atoms with Crippen molar-refractivity contribution in [3.05, 3.63) is 54.7 Å². The number of imidazole rings is 1. The van der Waals surface area contributed by atoms with Crippen LogP contribution in [0, 0.1) is 0 Å². The number of halogens is 3. The van der Waals surface area contributed by atoms with Crippen molar-refractivity contribution in [2.75, 3.05) is 14.2 Å². The van der Waals surface area contributed by atoms with Crippen molar-refractivity contribution in [1.82, 2.24) is 14.7 Å². The highest BCUT2D eigenvalue weighted by molar-refractivity contribution is 6.02. The lowest BCUT2D eigenvalue weighted by molar-refractivity contribution is -0.133. The summed E-state index contributed by atoms with van der Waals surface area (Å²) in [6.45, 7) is 0. The first-order valence-electron chi connectivity index (χ1n) is 9.54. The van der Waals surface area contributed by atoms with Gasteiger partial charge in [-0.3, -0.25) is 9.36 Å². The van der Waals surface area contributed by atoms with Crippen molar-refractivity contribution in [2.24, 2.45) is 0 Å². The zero-order valence-electron chi connectivity index (χ0n) is 17.1. The van der Waals surface area contributed by atoms with E-state index in [9.17, 15) is 18.0 Å². The number of methoxy groups -OCH3 is 2. The molecule has 0 radical (unpaired) electrons. The van der Waals surface area contributed by atoms with Crippen molar-refractivity contribution in [1.29, 1.82) is 0 Å². The minimum atomic E-state index is -4.43. The Morgan fingerprint density at radius 1 is 1.09 bits per heavy atom. The van der Waals surface area contributed by atoms with E-state index in [2.05, 4.69) is 10.1 Å². The first-order valence-corrected chi connectivity index (χ1v) is 9.54. The van der Waals surface area contributed by atoms with Gasteiger partial charge in [-0.2, -0.15) is 13.2 Å². The highest BCUT2D eigenvalue weighted by atomic mass is 19.4. The smallest absolute Gasteiger partial charge is 0.389 e. The Balaban J connectivity index is 1.74. The number of ketones is 1. The molecule has 166 valence electrons. The highest BCUT2D eigenvalue weighted by Gasteiger charge is 2.30. The van der Waals surface area contributed by atoms with Gasteiger partial charge in [0.05, 0.1) is 43.6 Å². The summed E-state index contributed by atoms with van der Waals surface area (Å²) in [4.78, 5) is 16.9. The second-order valence-electron chi connectivity index (χ2n) is 6.99. The van der Waals surface area contributed by atoms with Crippen molar-refractivity contribution in [2.45, 2.75) is 19.0 Å². The van der Waals surface area contributed by atoms with Crippen LogP contribution in [0.1, 0.15) is 23.2 Å². The van der Waals surface area contributed by atoms with E-state index in [4.69, 9.17) is 14.0 Å². The predicted molar refractivity (Wildman–Crippen MR) is 109 cm³/mol. The van der Waals surface area contributed by atoms with Gasteiger partial charge in [0.2, 0.25) is 0 Å². The van der Waals surface area contributed by atoms with Gasteiger partial charge in [0, 0.05) is 24.1 Å². The molecule has 0 fully saturated rings. The molecule has 0 unspecified atom stereocenters. The van der Waals surface area contributed by atoms with Crippen LogP contribution in [0.15, 0.2) is 53.6 Å². The molecule has 2 aromatic heterocycles. The zero-order valence-corrected chi connectivity index (χ0v) is 17.1. The summed E-state index contributed by atoms with van der Waals surface area (Å²) in [7, 11) is 2.69. The van der Waals surface area contributed by atoms with Crippen molar-refractivity contribution in [3.63, 3.8) is 0 Å². The number of rotatable bonds is 7. The molecule has 4 rings (SSSR count). The first kappa shape index (κ1) is 21.4. The summed E-state index contributed by atoms with van der Waals surface area (Å²) in [6.07, 6.45) is -1.63. The summed E-state index contributed by atoms with van der Waals surface area (Å²) >= 11 is 0. The third-order valence-corrected chi connectivity index (χ3v) is 5.00. The Labute approximate surface area is 180 Å². The van der Waals surface area contributed by atoms with E-state index in [0.717, 1.165) is 16.6 Å². The third kappa shape index (κ3) is 4.16. The van der Waals surface area contributed by atoms with Crippen LogP contribution in [-0.2, 0) is 0 Å². The Morgan fingerprint density at radius 3 is 2.41 bits per heavy atom. The Kier molecular flexibility index (Phi) is 5.60. The van der Waals surface area contributed by atoms with E-state index in [-0.39, 0.29) is 17.1 Å². The van der Waals surface area contributed by atoms with Crippen LogP contribution in [0.5, 0.6) is 11.5 Å². The lowest BCUT2D eigenvalue weighted by atomic mass is 10.0. The van der Waals surface area contributed by atoms with Gasteiger partial charge in [-0.15, -0.1) is 0 Å². The molecule has 0 spiro atoms. The SMILES string of the molecule is COc1cc(-n2cnc3cc(-c4cnoc4)ccc32)cc(OC)c1C(=O)CCC(F)(F)F. The lowest BCUT2D eigenvalue weighted by Crippen LogP contribution is -2.13. The molecule has 2 aromatic carbocycles. The fraction of sp³-hybridized carbons (Fsp3) is 0.227. The number of carbonyl (C=O) groups excluding carboxylic acids is 1. The minimum absolute atomic E-state index is 0.0258. The lowest BCUT2D eigenvalue weighted by Gasteiger charge is -2.16. The largest absolute Gasteiger partial charge is 0.496 e. The molecule has 0 saturated carbocycles. The van der Waals surface area contributed by atoms with Crippen LogP contribution in [0.3, 0.4) is 0 Å². The molecule has 4 aromatic rings. The first-order chi connectivity index (χ1) is 15.3. The van der Waals surface area contributed by atoms with Crippen LogP contribution in [0.4, 0.5) is 13.2 Å². The van der Waals surface area contributed by atoms with Crippen LogP contribution < -0.4 is 9.47 Å². The van der Waals surface area contributed by atoms with E-state index in [1.54, 1.807) is 29.2 Å². The van der Waals surface area contributed by atoms with Crippen LogP contribution in [0.25, 0.3) is 27.8 Å². The maximum atomic E-state index is 12.6. The summed E-state index contributed by atoms with van der Waals surface area (Å²) in [5, 5.41) is 3.70. The molecule has 0 aliphatic rings. The normalized spacial score (nSPS) is 11.7. The quantitative estimate of drug-likeness (QED) is 0.363. The highest BCUT2D eigenvalue weighted by Crippen LogP contribution is 2.36. The van der Waals surface area contributed by atoms with Crippen LogP contribution in [-0.4, -0.2) is 40.9 Å². The number of ether oxygens (including phenoxy) is 2. The molecule has 0 atom stereocenters. The van der Waals surface area contributed by atoms with Crippen LogP contribution >= 0.6 is 0 Å². The number of hydrogen-bond donors (Lipinski definition) is 0. The van der Waals surface area contributed by atoms with Gasteiger partial charge in [-0.05, 0) is 17.7 Å². The molecule has 0 amide bonds. The molecular weight excluding hydrogens is 427 g/mol. The van der Waals surface area contributed by atoms with E-state index >= 15 is 0 Å². The van der Waals surface area contributed by atoms with Crippen molar-refractivity contribution >= 4 is 16.8 Å². The number of aromatic nitrogens is 3. The molecule has 0 aliphatic heterocycles. The average Bonchev–Trinajstić information content (AvgIpc) is 3.45. The van der Waals surface area contributed by atoms with Crippen molar-refractivity contribution < 1.29 is 32.0 Å². The van der Waals surface area contributed by atoms with Gasteiger partial charge in [0.1, 0.15) is 29.7 Å². The molecule has 0 N–H and O–H groups in total. The van der Waals surface area contributed by atoms with E-state index in [0.29, 0.717) is 11.2 Å². The van der Waals surface area contributed by atoms with Gasteiger partial charge in [0.25, 0.3) is 0 Å². The van der Waals surface area contributed by atoms with E-state index in [1.807, 2.05) is 18.2 Å². The van der Waals surface area contributed by atoms with E-state index < -0.39 is 24.8 Å². The molecule has 0 saturated heterocycles. The van der Waals surface area contributed by atoms with Crippen LogP contribution in [0.2, 0.25) is 0 Å². The molecule has 32 heavy (non-hydrogen) atoms. The number of alkyl halides is 3. The summed E-state index contributed by atoms with van der Waals surface area (Å²) in [6, 6.07) is 8.77. The van der Waals surface area contributed by atoms with Gasteiger partial charge < -0.3 is 14.0 Å². The Bertz CT molecular complexity index is 1240. The second kappa shape index (κ2) is 8.37. The number of hydrogen-bond acceptors (Lipinski definition) is 6. The standard InChI is InChI=1S/C22H18F3N3O4/c1-30-19-8-15(9-20(31-2)21(19)18(29)5-6-22(23,24)25)28-12-26-16-7-13(3-4-17(16)28)14-10-27-32-11-14/h3-4,7-12H,5-6H2,1-2H3.